The van der Waals surface area contributed by atoms with Crippen LogP contribution in [-0.2, 0) is 0 Å². The highest BCUT2D eigenvalue weighted by Crippen LogP contribution is 2.41. The maximum Gasteiger partial charge on any atom is 0.168 e. The minimum Gasteiger partial charge on any atom is -0.388 e. The fourth-order valence-corrected chi connectivity index (χ4v) is 3.64. The molecule has 2 aromatic rings. The Kier molecular flexibility index (Phi) is 4.74. The first-order valence-electron chi connectivity index (χ1n) is 7.98. The van der Waals surface area contributed by atoms with Crippen molar-refractivity contribution in [2.45, 2.75) is 49.9 Å². The molecule has 1 fully saturated rings. The highest BCUT2D eigenvalue weighted by Gasteiger charge is 2.29. The van der Waals surface area contributed by atoms with E-state index < -0.39 is 6.10 Å². The monoisotopic (exact) mass is 327 g/mol. The second kappa shape index (κ2) is 6.77. The van der Waals surface area contributed by atoms with E-state index in [1.54, 1.807) is 23.9 Å². The van der Waals surface area contributed by atoms with Crippen molar-refractivity contribution in [3.63, 3.8) is 0 Å². The summed E-state index contributed by atoms with van der Waals surface area (Å²) in [7, 11) is 0. The van der Waals surface area contributed by atoms with Gasteiger partial charge in [0.2, 0.25) is 0 Å². The first-order valence-corrected chi connectivity index (χ1v) is 8.96. The molecule has 5 heteroatoms. The fraction of sp³-hybridized carbons (Fsp3) is 0.444. The van der Waals surface area contributed by atoms with Crippen molar-refractivity contribution in [2.75, 3.05) is 5.75 Å². The molecule has 1 aromatic heterocycles. The summed E-state index contributed by atoms with van der Waals surface area (Å²) in [4.78, 5) is 4.56. The predicted octanol–water partition coefficient (Wildman–Crippen LogP) is 4.04. The molecule has 1 N–H and O–H groups in total. The molecule has 1 heterocycles. The van der Waals surface area contributed by atoms with Crippen LogP contribution in [0.2, 0.25) is 0 Å². The van der Waals surface area contributed by atoms with E-state index in [1.807, 2.05) is 18.3 Å². The van der Waals surface area contributed by atoms with Gasteiger partial charge in [-0.1, -0.05) is 37.7 Å². The molecule has 0 saturated heterocycles. The van der Waals surface area contributed by atoms with Gasteiger partial charge in [0.05, 0.1) is 17.7 Å². The summed E-state index contributed by atoms with van der Waals surface area (Å²) in [5.41, 5.74) is 2.73. The Labute approximate surface area is 141 Å². The molecule has 0 amide bonds. The molecular weight excluding hydrogens is 306 g/mol. The quantitative estimate of drug-likeness (QED) is 0.813. The van der Waals surface area contributed by atoms with Gasteiger partial charge in [0.15, 0.2) is 5.16 Å². The normalized spacial score (nSPS) is 15.6. The lowest BCUT2D eigenvalue weighted by atomic mass is 10.1. The third-order valence-electron chi connectivity index (χ3n) is 4.09. The van der Waals surface area contributed by atoms with Crippen LogP contribution in [0.4, 0.5) is 0 Å². The summed E-state index contributed by atoms with van der Waals surface area (Å²) in [5.74, 6) is 1.02. The van der Waals surface area contributed by atoms with Crippen molar-refractivity contribution in [1.29, 1.82) is 5.26 Å². The highest BCUT2D eigenvalue weighted by atomic mass is 32.2. The standard InChI is InChI=1S/C18H21N3OS/c1-12(2)16-10-20-18(21(16)15-7-8-15)23-11-17(22)14-5-3-13(9-19)4-6-14/h3-6,10,12,15,17,22H,7-8,11H2,1-2H3. The van der Waals surface area contributed by atoms with Crippen LogP contribution in [0.3, 0.4) is 0 Å². The summed E-state index contributed by atoms with van der Waals surface area (Å²) in [6.07, 6.45) is 3.86. The zero-order chi connectivity index (χ0) is 16.4. The molecule has 0 spiro atoms. The Morgan fingerprint density at radius 2 is 2.04 bits per heavy atom. The van der Waals surface area contributed by atoms with Crippen LogP contribution in [0.5, 0.6) is 0 Å². The number of nitriles is 1. The molecule has 0 radical (unpaired) electrons. The summed E-state index contributed by atoms with van der Waals surface area (Å²) in [5, 5.41) is 20.2. The molecule has 1 aliphatic rings. The van der Waals surface area contributed by atoms with Crippen LogP contribution >= 0.6 is 11.8 Å². The summed E-state index contributed by atoms with van der Waals surface area (Å²) in [6, 6.07) is 9.79. The van der Waals surface area contributed by atoms with E-state index in [9.17, 15) is 5.11 Å². The Bertz CT molecular complexity index is 711. The van der Waals surface area contributed by atoms with Gasteiger partial charge in [-0.15, -0.1) is 0 Å². The van der Waals surface area contributed by atoms with Crippen molar-refractivity contribution < 1.29 is 5.11 Å². The first-order chi connectivity index (χ1) is 11.1. The van der Waals surface area contributed by atoms with Crippen LogP contribution in [0.1, 0.15) is 61.6 Å². The summed E-state index contributed by atoms with van der Waals surface area (Å²) < 4.78 is 2.35. The van der Waals surface area contributed by atoms with E-state index in [2.05, 4.69) is 29.5 Å². The van der Waals surface area contributed by atoms with Gasteiger partial charge in [0.1, 0.15) is 0 Å². The topological polar surface area (TPSA) is 61.8 Å². The molecule has 1 saturated carbocycles. The van der Waals surface area contributed by atoms with Crippen molar-refractivity contribution in [3.8, 4) is 6.07 Å². The summed E-state index contributed by atoms with van der Waals surface area (Å²) in [6.45, 7) is 4.38. The maximum atomic E-state index is 10.4. The van der Waals surface area contributed by atoms with E-state index in [1.165, 1.54) is 18.5 Å². The van der Waals surface area contributed by atoms with Crippen molar-refractivity contribution in [1.82, 2.24) is 9.55 Å². The minimum absolute atomic E-state index is 0.459. The average molecular weight is 327 g/mol. The number of hydrogen-bond donors (Lipinski definition) is 1. The number of hydrogen-bond acceptors (Lipinski definition) is 4. The molecule has 0 bridgehead atoms. The van der Waals surface area contributed by atoms with Gasteiger partial charge < -0.3 is 9.67 Å². The van der Waals surface area contributed by atoms with Gasteiger partial charge in [-0.3, -0.25) is 0 Å². The van der Waals surface area contributed by atoms with Gasteiger partial charge in [-0.05, 0) is 36.5 Å². The fourth-order valence-electron chi connectivity index (χ4n) is 2.62. The summed E-state index contributed by atoms with van der Waals surface area (Å²) >= 11 is 1.60. The first kappa shape index (κ1) is 16.1. The number of imidazole rings is 1. The van der Waals surface area contributed by atoms with E-state index in [-0.39, 0.29) is 0 Å². The largest absolute Gasteiger partial charge is 0.388 e. The average Bonchev–Trinajstić information content (AvgIpc) is 3.31. The second-order valence-electron chi connectivity index (χ2n) is 6.28. The van der Waals surface area contributed by atoms with Crippen LogP contribution < -0.4 is 0 Å². The van der Waals surface area contributed by atoms with E-state index >= 15 is 0 Å². The SMILES string of the molecule is CC(C)c1cnc(SCC(O)c2ccc(C#N)cc2)n1C1CC1. The number of nitrogens with zero attached hydrogens (tertiary/aromatic N) is 3. The molecule has 1 aromatic carbocycles. The van der Waals surface area contributed by atoms with Gasteiger partial charge in [-0.25, -0.2) is 4.98 Å². The number of aliphatic hydroxyl groups is 1. The third kappa shape index (κ3) is 3.60. The number of aromatic nitrogens is 2. The smallest absolute Gasteiger partial charge is 0.168 e. The van der Waals surface area contributed by atoms with E-state index in [4.69, 9.17) is 5.26 Å². The van der Waals surface area contributed by atoms with Crippen molar-refractivity contribution in [3.05, 3.63) is 47.3 Å². The van der Waals surface area contributed by atoms with Gasteiger partial charge in [-0.2, -0.15) is 5.26 Å². The number of benzene rings is 1. The molecule has 0 aliphatic heterocycles. The molecule has 3 rings (SSSR count). The molecule has 1 atom stereocenters. The lowest BCUT2D eigenvalue weighted by molar-refractivity contribution is 0.204. The third-order valence-corrected chi connectivity index (χ3v) is 5.13. The maximum absolute atomic E-state index is 10.4. The predicted molar refractivity (Wildman–Crippen MR) is 91.4 cm³/mol. The van der Waals surface area contributed by atoms with Crippen LogP contribution in [0.15, 0.2) is 35.6 Å². The molecular formula is C18H21N3OS. The minimum atomic E-state index is -0.556. The van der Waals surface area contributed by atoms with Crippen molar-refractivity contribution >= 4 is 11.8 Å². The Hall–Kier alpha value is -1.77. The van der Waals surface area contributed by atoms with Crippen LogP contribution in [0.25, 0.3) is 0 Å². The van der Waals surface area contributed by atoms with Gasteiger partial charge >= 0.3 is 0 Å². The highest BCUT2D eigenvalue weighted by molar-refractivity contribution is 7.99. The Morgan fingerprint density at radius 3 is 2.61 bits per heavy atom. The molecule has 1 aliphatic carbocycles. The number of thioether (sulfide) groups is 1. The van der Waals surface area contributed by atoms with E-state index in [0.29, 0.717) is 23.3 Å². The van der Waals surface area contributed by atoms with Crippen LogP contribution in [0, 0.1) is 11.3 Å². The molecule has 120 valence electrons. The lowest BCUT2D eigenvalue weighted by Gasteiger charge is -2.14. The van der Waals surface area contributed by atoms with Gasteiger partial charge in [0, 0.05) is 23.7 Å². The molecule has 23 heavy (non-hydrogen) atoms. The van der Waals surface area contributed by atoms with Crippen molar-refractivity contribution in [2.24, 2.45) is 0 Å². The Balaban J connectivity index is 1.69. The van der Waals surface area contributed by atoms with Crippen LogP contribution in [-0.4, -0.2) is 20.4 Å². The molecule has 4 nitrogen and oxygen atoms in total. The van der Waals surface area contributed by atoms with Gasteiger partial charge in [0.25, 0.3) is 0 Å². The van der Waals surface area contributed by atoms with E-state index in [0.717, 1.165) is 10.7 Å². The number of aliphatic hydroxyl groups excluding tert-OH is 1. The second-order valence-corrected chi connectivity index (χ2v) is 7.27. The lowest BCUT2D eigenvalue weighted by Crippen LogP contribution is -2.06. The number of rotatable bonds is 6. The zero-order valence-electron chi connectivity index (χ0n) is 13.4. The molecule has 1 unspecified atom stereocenters. The zero-order valence-corrected chi connectivity index (χ0v) is 14.3. The Morgan fingerprint density at radius 1 is 1.35 bits per heavy atom.